The Morgan fingerprint density at radius 2 is 2.24 bits per heavy atom. The molecule has 0 N–H and O–H groups in total. The van der Waals surface area contributed by atoms with Crippen LogP contribution in [0, 0.1) is 0 Å². The van der Waals surface area contributed by atoms with Crippen LogP contribution in [0.5, 0.6) is 6.01 Å². The van der Waals surface area contributed by atoms with Gasteiger partial charge in [-0.3, -0.25) is 0 Å². The Morgan fingerprint density at radius 3 is 2.82 bits per heavy atom. The molecule has 0 radical (unpaired) electrons. The smallest absolute Gasteiger partial charge is 0.433 e. The van der Waals surface area contributed by atoms with E-state index in [9.17, 15) is 13.2 Å². The molecule has 94 valence electrons. The van der Waals surface area contributed by atoms with E-state index >= 15 is 0 Å². The first-order valence-electron chi connectivity index (χ1n) is 5.20. The topological polar surface area (TPSA) is 38.2 Å². The van der Waals surface area contributed by atoms with Gasteiger partial charge in [0.25, 0.3) is 0 Å². The molecule has 0 aliphatic carbocycles. The molecule has 1 aliphatic heterocycles. The lowest BCUT2D eigenvalue weighted by Gasteiger charge is -2.13. The Hall–Kier alpha value is -1.37. The molecule has 2 rings (SSSR count). The Bertz CT molecular complexity index is 397. The number of nitrogens with zero attached hydrogens (tertiary/aromatic N) is 3. The molecule has 0 bridgehead atoms. The highest BCUT2D eigenvalue weighted by Gasteiger charge is 2.33. The van der Waals surface area contributed by atoms with Crippen LogP contribution in [0.4, 0.5) is 13.2 Å². The molecule has 1 aliphatic rings. The van der Waals surface area contributed by atoms with Gasteiger partial charge in [0.2, 0.25) is 0 Å². The van der Waals surface area contributed by atoms with Gasteiger partial charge in [0.1, 0.15) is 6.10 Å². The van der Waals surface area contributed by atoms with Crippen molar-refractivity contribution in [2.24, 2.45) is 0 Å². The molecular weight excluding hydrogens is 235 g/mol. The number of hydrogen-bond donors (Lipinski definition) is 0. The van der Waals surface area contributed by atoms with Crippen LogP contribution in [0.15, 0.2) is 12.3 Å². The van der Waals surface area contributed by atoms with Gasteiger partial charge in [0.15, 0.2) is 5.69 Å². The van der Waals surface area contributed by atoms with Crippen LogP contribution in [0.1, 0.15) is 12.1 Å². The molecule has 4 nitrogen and oxygen atoms in total. The normalized spacial score (nSPS) is 21.8. The molecule has 7 heteroatoms. The van der Waals surface area contributed by atoms with Crippen molar-refractivity contribution in [2.45, 2.75) is 18.7 Å². The molecule has 0 saturated carbocycles. The molecule has 1 saturated heterocycles. The molecule has 0 aromatic carbocycles. The summed E-state index contributed by atoms with van der Waals surface area (Å²) >= 11 is 0. The molecule has 1 fully saturated rings. The summed E-state index contributed by atoms with van der Waals surface area (Å²) in [5, 5.41) is 0. The van der Waals surface area contributed by atoms with E-state index in [2.05, 4.69) is 9.97 Å². The van der Waals surface area contributed by atoms with E-state index < -0.39 is 11.9 Å². The SMILES string of the molecule is CN1CCC(Oc2nccc(C(F)(F)F)n2)C1. The van der Waals surface area contributed by atoms with Gasteiger partial charge in [-0.1, -0.05) is 0 Å². The molecule has 1 unspecified atom stereocenters. The fourth-order valence-corrected chi connectivity index (χ4v) is 1.70. The molecule has 1 aromatic heterocycles. The summed E-state index contributed by atoms with van der Waals surface area (Å²) in [5.74, 6) is 0. The second-order valence-corrected chi connectivity index (χ2v) is 4.01. The summed E-state index contributed by atoms with van der Waals surface area (Å²) < 4.78 is 42.5. The maximum Gasteiger partial charge on any atom is 0.433 e. The standard InChI is InChI=1S/C10H12F3N3O/c1-16-5-3-7(6-16)17-9-14-4-2-8(15-9)10(11,12)13/h2,4,7H,3,5-6H2,1H3. The van der Waals surface area contributed by atoms with Crippen LogP contribution in [0.25, 0.3) is 0 Å². The molecule has 17 heavy (non-hydrogen) atoms. The summed E-state index contributed by atoms with van der Waals surface area (Å²) in [6.45, 7) is 1.54. The van der Waals surface area contributed by atoms with E-state index in [1.54, 1.807) is 0 Å². The average molecular weight is 247 g/mol. The molecule has 1 aromatic rings. The first kappa shape index (κ1) is 12.1. The van der Waals surface area contributed by atoms with Crippen LogP contribution in [0.2, 0.25) is 0 Å². The second-order valence-electron chi connectivity index (χ2n) is 4.01. The quantitative estimate of drug-likeness (QED) is 0.795. The molecule has 1 atom stereocenters. The van der Waals surface area contributed by atoms with Crippen molar-refractivity contribution in [3.63, 3.8) is 0 Å². The third kappa shape index (κ3) is 3.06. The van der Waals surface area contributed by atoms with Gasteiger partial charge in [0, 0.05) is 19.3 Å². The predicted molar refractivity (Wildman–Crippen MR) is 53.6 cm³/mol. The van der Waals surface area contributed by atoms with E-state index in [4.69, 9.17) is 4.74 Å². The Morgan fingerprint density at radius 1 is 1.47 bits per heavy atom. The zero-order valence-electron chi connectivity index (χ0n) is 9.24. The Kier molecular flexibility index (Phi) is 3.19. The highest BCUT2D eigenvalue weighted by Crippen LogP contribution is 2.28. The van der Waals surface area contributed by atoms with Gasteiger partial charge < -0.3 is 9.64 Å². The van der Waals surface area contributed by atoms with Crippen molar-refractivity contribution in [1.82, 2.24) is 14.9 Å². The van der Waals surface area contributed by atoms with Gasteiger partial charge in [0.05, 0.1) is 0 Å². The monoisotopic (exact) mass is 247 g/mol. The first-order valence-corrected chi connectivity index (χ1v) is 5.20. The summed E-state index contributed by atoms with van der Waals surface area (Å²) in [7, 11) is 1.93. The minimum Gasteiger partial charge on any atom is -0.459 e. The van der Waals surface area contributed by atoms with Gasteiger partial charge in [-0.05, 0) is 19.5 Å². The van der Waals surface area contributed by atoms with Crippen LogP contribution in [-0.2, 0) is 6.18 Å². The van der Waals surface area contributed by atoms with Crippen LogP contribution in [-0.4, -0.2) is 41.1 Å². The second kappa shape index (κ2) is 4.48. The molecule has 2 heterocycles. The van der Waals surface area contributed by atoms with Crippen molar-refractivity contribution in [2.75, 3.05) is 20.1 Å². The lowest BCUT2D eigenvalue weighted by atomic mass is 10.3. The molecular formula is C10H12F3N3O. The lowest BCUT2D eigenvalue weighted by Crippen LogP contribution is -2.22. The number of aromatic nitrogens is 2. The number of likely N-dealkylation sites (tertiary alicyclic amines) is 1. The van der Waals surface area contributed by atoms with Gasteiger partial charge in [-0.15, -0.1) is 0 Å². The largest absolute Gasteiger partial charge is 0.459 e. The van der Waals surface area contributed by atoms with Crippen LogP contribution in [0.3, 0.4) is 0 Å². The third-order valence-electron chi connectivity index (χ3n) is 2.54. The number of alkyl halides is 3. The number of hydrogen-bond acceptors (Lipinski definition) is 4. The van der Waals surface area contributed by atoms with Crippen LogP contribution < -0.4 is 4.74 Å². The summed E-state index contributed by atoms with van der Waals surface area (Å²) in [6, 6.07) is 0.619. The van der Waals surface area contributed by atoms with E-state index in [1.807, 2.05) is 11.9 Å². The molecule has 0 amide bonds. The maximum atomic E-state index is 12.4. The average Bonchev–Trinajstić information content (AvgIpc) is 2.63. The van der Waals surface area contributed by atoms with Crippen molar-refractivity contribution in [3.05, 3.63) is 18.0 Å². The minimum absolute atomic E-state index is 0.136. The fourth-order valence-electron chi connectivity index (χ4n) is 1.70. The number of rotatable bonds is 2. The lowest BCUT2D eigenvalue weighted by molar-refractivity contribution is -0.141. The van der Waals surface area contributed by atoms with E-state index in [-0.39, 0.29) is 12.1 Å². The summed E-state index contributed by atoms with van der Waals surface area (Å²) in [5.41, 5.74) is -0.978. The van der Waals surface area contributed by atoms with Crippen molar-refractivity contribution in [1.29, 1.82) is 0 Å². The predicted octanol–water partition coefficient (Wildman–Crippen LogP) is 1.58. The van der Waals surface area contributed by atoms with E-state index in [0.717, 1.165) is 25.2 Å². The van der Waals surface area contributed by atoms with E-state index in [0.29, 0.717) is 6.54 Å². The number of likely N-dealkylation sites (N-methyl/N-ethyl adjacent to an activating group) is 1. The zero-order chi connectivity index (χ0) is 12.5. The fraction of sp³-hybridized carbons (Fsp3) is 0.600. The Balaban J connectivity index is 2.06. The summed E-state index contributed by atoms with van der Waals surface area (Å²) in [4.78, 5) is 9.09. The first-order chi connectivity index (χ1) is 7.95. The van der Waals surface area contributed by atoms with Gasteiger partial charge >= 0.3 is 12.2 Å². The van der Waals surface area contributed by atoms with Crippen molar-refractivity contribution >= 4 is 0 Å². The Labute approximate surface area is 96.4 Å². The van der Waals surface area contributed by atoms with Gasteiger partial charge in [-0.25, -0.2) is 4.98 Å². The van der Waals surface area contributed by atoms with Gasteiger partial charge in [-0.2, -0.15) is 18.2 Å². The maximum absolute atomic E-state index is 12.4. The minimum atomic E-state index is -4.46. The zero-order valence-corrected chi connectivity index (χ0v) is 9.24. The molecule has 0 spiro atoms. The van der Waals surface area contributed by atoms with E-state index in [1.165, 1.54) is 0 Å². The van der Waals surface area contributed by atoms with Crippen molar-refractivity contribution < 1.29 is 17.9 Å². The third-order valence-corrected chi connectivity index (χ3v) is 2.54. The highest BCUT2D eigenvalue weighted by atomic mass is 19.4. The highest BCUT2D eigenvalue weighted by molar-refractivity contribution is 5.09. The number of ether oxygens (including phenoxy) is 1. The van der Waals surface area contributed by atoms with Crippen LogP contribution >= 0.6 is 0 Å². The van der Waals surface area contributed by atoms with Crippen molar-refractivity contribution in [3.8, 4) is 6.01 Å². The summed E-state index contributed by atoms with van der Waals surface area (Å²) in [6.07, 6.45) is -2.77. The number of halogens is 3.